The standard InChI is InChI=1S/C27H46O3/c1-17(2)7-6-8-18(3)21-9-10-22-20-15-24(29)27(30)16-19(28)11-14-26(27,5)23(20)12-13-25(21,22)4/h7,18-24,28-30H,6,8-16H2,1-5H3. The summed E-state index contributed by atoms with van der Waals surface area (Å²) in [5.41, 5.74) is 0.427. The van der Waals surface area contributed by atoms with Gasteiger partial charge >= 0.3 is 0 Å². The number of allylic oxidation sites excluding steroid dienone is 2. The van der Waals surface area contributed by atoms with Gasteiger partial charge in [-0.2, -0.15) is 0 Å². The normalized spacial score (nSPS) is 51.5. The number of aliphatic hydroxyl groups is 3. The summed E-state index contributed by atoms with van der Waals surface area (Å²) in [7, 11) is 0. The predicted octanol–water partition coefficient (Wildman–Crippen LogP) is 5.47. The Morgan fingerprint density at radius 1 is 1.03 bits per heavy atom. The van der Waals surface area contributed by atoms with Gasteiger partial charge in [-0.3, -0.25) is 0 Å². The van der Waals surface area contributed by atoms with Crippen molar-refractivity contribution >= 4 is 0 Å². The monoisotopic (exact) mass is 418 g/mol. The number of hydrogen-bond donors (Lipinski definition) is 3. The first kappa shape index (κ1) is 22.8. The average molecular weight is 419 g/mol. The summed E-state index contributed by atoms with van der Waals surface area (Å²) < 4.78 is 0. The first-order chi connectivity index (χ1) is 14.0. The fourth-order valence-electron chi connectivity index (χ4n) is 9.07. The summed E-state index contributed by atoms with van der Waals surface area (Å²) in [6.45, 7) is 11.7. The van der Waals surface area contributed by atoms with Gasteiger partial charge in [0.15, 0.2) is 0 Å². The Bertz CT molecular complexity index is 669. The molecule has 4 aliphatic carbocycles. The zero-order chi connectivity index (χ0) is 21.9. The lowest BCUT2D eigenvalue weighted by Crippen LogP contribution is -2.68. The van der Waals surface area contributed by atoms with Crippen LogP contribution in [-0.2, 0) is 0 Å². The molecule has 0 aromatic heterocycles. The van der Waals surface area contributed by atoms with Crippen molar-refractivity contribution in [2.24, 2.45) is 40.4 Å². The van der Waals surface area contributed by atoms with Crippen molar-refractivity contribution in [3.8, 4) is 0 Å². The van der Waals surface area contributed by atoms with Crippen molar-refractivity contribution in [3.63, 3.8) is 0 Å². The van der Waals surface area contributed by atoms with Crippen LogP contribution in [0.2, 0.25) is 0 Å². The van der Waals surface area contributed by atoms with Crippen LogP contribution in [0.15, 0.2) is 11.6 Å². The molecule has 0 spiro atoms. The van der Waals surface area contributed by atoms with Crippen LogP contribution in [0.3, 0.4) is 0 Å². The maximum absolute atomic E-state index is 11.6. The maximum atomic E-state index is 11.6. The van der Waals surface area contributed by atoms with E-state index in [1.807, 2.05) is 0 Å². The van der Waals surface area contributed by atoms with Crippen LogP contribution >= 0.6 is 0 Å². The molecule has 0 heterocycles. The molecule has 0 radical (unpaired) electrons. The highest BCUT2D eigenvalue weighted by molar-refractivity contribution is 5.17. The van der Waals surface area contributed by atoms with Crippen molar-refractivity contribution < 1.29 is 15.3 Å². The molecule has 4 fully saturated rings. The lowest BCUT2D eigenvalue weighted by Gasteiger charge is -2.65. The molecule has 3 nitrogen and oxygen atoms in total. The number of hydrogen-bond acceptors (Lipinski definition) is 3. The fourth-order valence-corrected chi connectivity index (χ4v) is 9.07. The van der Waals surface area contributed by atoms with E-state index >= 15 is 0 Å². The van der Waals surface area contributed by atoms with Gasteiger partial charge in [0, 0.05) is 11.8 Å². The molecular formula is C27H46O3. The Morgan fingerprint density at radius 3 is 2.47 bits per heavy atom. The van der Waals surface area contributed by atoms with Crippen molar-refractivity contribution in [2.75, 3.05) is 0 Å². The maximum Gasteiger partial charge on any atom is 0.0985 e. The average Bonchev–Trinajstić information content (AvgIpc) is 3.01. The molecule has 0 aromatic carbocycles. The highest BCUT2D eigenvalue weighted by atomic mass is 16.3. The van der Waals surface area contributed by atoms with E-state index in [-0.39, 0.29) is 5.41 Å². The van der Waals surface area contributed by atoms with E-state index in [9.17, 15) is 15.3 Å². The molecule has 172 valence electrons. The van der Waals surface area contributed by atoms with Crippen molar-refractivity contribution in [1.29, 1.82) is 0 Å². The van der Waals surface area contributed by atoms with Gasteiger partial charge < -0.3 is 15.3 Å². The molecule has 3 heteroatoms. The topological polar surface area (TPSA) is 60.7 Å². The van der Waals surface area contributed by atoms with Crippen LogP contribution in [0.25, 0.3) is 0 Å². The largest absolute Gasteiger partial charge is 0.393 e. The molecule has 10 unspecified atom stereocenters. The van der Waals surface area contributed by atoms with Crippen LogP contribution < -0.4 is 0 Å². The van der Waals surface area contributed by atoms with Crippen LogP contribution in [0.5, 0.6) is 0 Å². The Kier molecular flexibility index (Phi) is 5.99. The Labute approximate surface area is 184 Å². The lowest BCUT2D eigenvalue weighted by molar-refractivity contribution is -0.264. The van der Waals surface area contributed by atoms with E-state index in [0.29, 0.717) is 29.6 Å². The first-order valence-electron chi connectivity index (χ1n) is 12.7. The summed E-state index contributed by atoms with van der Waals surface area (Å²) in [4.78, 5) is 0. The van der Waals surface area contributed by atoms with Gasteiger partial charge in [-0.25, -0.2) is 0 Å². The summed E-state index contributed by atoms with van der Waals surface area (Å²) >= 11 is 0. The summed E-state index contributed by atoms with van der Waals surface area (Å²) in [5.74, 6) is 3.21. The van der Waals surface area contributed by atoms with E-state index in [1.54, 1.807) is 0 Å². The molecule has 0 aromatic rings. The van der Waals surface area contributed by atoms with Gasteiger partial charge in [0.05, 0.1) is 17.8 Å². The number of rotatable bonds is 4. The number of fused-ring (bicyclic) bond motifs is 5. The molecule has 0 saturated heterocycles. The third-order valence-corrected chi connectivity index (χ3v) is 10.8. The van der Waals surface area contributed by atoms with Crippen LogP contribution in [0.4, 0.5) is 0 Å². The van der Waals surface area contributed by atoms with E-state index in [0.717, 1.165) is 31.1 Å². The molecule has 0 aliphatic heterocycles. The molecule has 4 rings (SSSR count). The SMILES string of the molecule is CC(C)=CCCC(C)C1CCC2C3CC(O)C4(O)CC(O)CCC4(C)C3CCC12C. The predicted molar refractivity (Wildman–Crippen MR) is 122 cm³/mol. The minimum absolute atomic E-state index is 0.261. The van der Waals surface area contributed by atoms with Gasteiger partial charge in [-0.1, -0.05) is 32.4 Å². The Morgan fingerprint density at radius 2 is 1.77 bits per heavy atom. The Hall–Kier alpha value is -0.380. The van der Waals surface area contributed by atoms with Gasteiger partial charge in [0.1, 0.15) is 0 Å². The highest BCUT2D eigenvalue weighted by Crippen LogP contribution is 2.69. The minimum atomic E-state index is -1.12. The highest BCUT2D eigenvalue weighted by Gasteiger charge is 2.67. The number of aliphatic hydroxyl groups excluding tert-OH is 2. The summed E-state index contributed by atoms with van der Waals surface area (Å²) in [6, 6.07) is 0. The van der Waals surface area contributed by atoms with E-state index < -0.39 is 17.8 Å². The summed E-state index contributed by atoms with van der Waals surface area (Å²) in [6.07, 6.45) is 11.4. The van der Waals surface area contributed by atoms with Crippen LogP contribution in [0.1, 0.15) is 98.8 Å². The fraction of sp³-hybridized carbons (Fsp3) is 0.926. The zero-order valence-electron chi connectivity index (χ0n) is 20.0. The molecular weight excluding hydrogens is 372 g/mol. The minimum Gasteiger partial charge on any atom is -0.393 e. The third kappa shape index (κ3) is 3.33. The third-order valence-electron chi connectivity index (χ3n) is 10.8. The van der Waals surface area contributed by atoms with Gasteiger partial charge in [-0.15, -0.1) is 0 Å². The van der Waals surface area contributed by atoms with E-state index in [2.05, 4.69) is 40.7 Å². The second-order valence-corrected chi connectivity index (χ2v) is 12.4. The smallest absolute Gasteiger partial charge is 0.0985 e. The van der Waals surface area contributed by atoms with Gasteiger partial charge in [0.25, 0.3) is 0 Å². The molecule has 0 amide bonds. The lowest BCUT2D eigenvalue weighted by atomic mass is 9.42. The van der Waals surface area contributed by atoms with Crippen LogP contribution in [-0.4, -0.2) is 33.1 Å². The van der Waals surface area contributed by atoms with Crippen molar-refractivity contribution in [1.82, 2.24) is 0 Å². The first-order valence-corrected chi connectivity index (χ1v) is 12.7. The van der Waals surface area contributed by atoms with Crippen molar-refractivity contribution in [3.05, 3.63) is 11.6 Å². The summed E-state index contributed by atoms with van der Waals surface area (Å²) in [5, 5.41) is 33.0. The zero-order valence-corrected chi connectivity index (χ0v) is 20.0. The van der Waals surface area contributed by atoms with Crippen LogP contribution in [0, 0.1) is 40.4 Å². The second-order valence-electron chi connectivity index (χ2n) is 12.4. The molecule has 4 saturated carbocycles. The quantitative estimate of drug-likeness (QED) is 0.530. The van der Waals surface area contributed by atoms with E-state index in [4.69, 9.17) is 0 Å². The molecule has 10 atom stereocenters. The van der Waals surface area contributed by atoms with E-state index in [1.165, 1.54) is 44.1 Å². The molecule has 30 heavy (non-hydrogen) atoms. The van der Waals surface area contributed by atoms with Gasteiger partial charge in [0.2, 0.25) is 0 Å². The molecule has 4 aliphatic rings. The Balaban J connectivity index is 1.55. The molecule has 0 bridgehead atoms. The second kappa shape index (κ2) is 7.89. The van der Waals surface area contributed by atoms with Crippen molar-refractivity contribution in [2.45, 2.75) is 117 Å². The molecule has 3 N–H and O–H groups in total. The van der Waals surface area contributed by atoms with Gasteiger partial charge in [-0.05, 0) is 107 Å².